The molecule has 5 heteroatoms. The zero-order valence-corrected chi connectivity index (χ0v) is 14.3. The van der Waals surface area contributed by atoms with Gasteiger partial charge in [-0.15, -0.1) is 11.3 Å². The molecule has 0 amide bonds. The fourth-order valence-corrected chi connectivity index (χ4v) is 3.33. The van der Waals surface area contributed by atoms with E-state index >= 15 is 0 Å². The van der Waals surface area contributed by atoms with Crippen LogP contribution in [-0.4, -0.2) is 25.8 Å². The fraction of sp³-hybridized carbons (Fsp3) is 0.312. The number of nitrogens with one attached hydrogen (secondary N) is 3. The van der Waals surface area contributed by atoms with Crippen molar-refractivity contribution in [3.63, 3.8) is 0 Å². The third kappa shape index (κ3) is 4.81. The summed E-state index contributed by atoms with van der Waals surface area (Å²) in [7, 11) is 4.34. The van der Waals surface area contributed by atoms with Crippen LogP contribution < -0.4 is 15.5 Å². The minimum atomic E-state index is 0.405. The number of thiophene rings is 1. The highest BCUT2D eigenvalue weighted by Gasteiger charge is 2.18. The maximum absolute atomic E-state index is 5.39. The highest BCUT2D eigenvalue weighted by Crippen LogP contribution is 2.15. The number of hydrogen-bond donors (Lipinski definition) is 3. The van der Waals surface area contributed by atoms with Crippen LogP contribution in [0.15, 0.2) is 41.8 Å². The Balaban J connectivity index is 1.90. The van der Waals surface area contributed by atoms with Gasteiger partial charge in [-0.1, -0.05) is 18.2 Å². The number of thiocarbonyl (C=S) groups is 1. The molecule has 0 unspecified atom stereocenters. The molecule has 0 saturated carbocycles. The summed E-state index contributed by atoms with van der Waals surface area (Å²) in [5, 5.41) is 9.35. The predicted molar refractivity (Wildman–Crippen MR) is 95.3 cm³/mol. The molecule has 1 atom stereocenters. The van der Waals surface area contributed by atoms with E-state index in [1.54, 1.807) is 11.3 Å². The van der Waals surface area contributed by atoms with Crippen molar-refractivity contribution in [3.05, 3.63) is 52.2 Å². The van der Waals surface area contributed by atoms with Crippen LogP contribution in [0.5, 0.6) is 0 Å². The first-order valence-electron chi connectivity index (χ1n) is 7.01. The summed E-state index contributed by atoms with van der Waals surface area (Å²) >= 11 is 7.18. The van der Waals surface area contributed by atoms with E-state index in [-0.39, 0.29) is 0 Å². The normalized spacial score (nSPS) is 12.2. The van der Waals surface area contributed by atoms with Gasteiger partial charge in [-0.05, 0) is 48.3 Å². The molecule has 0 bridgehead atoms. The summed E-state index contributed by atoms with van der Waals surface area (Å²) < 4.78 is 0. The summed E-state index contributed by atoms with van der Waals surface area (Å²) in [5.74, 6) is 0. The van der Waals surface area contributed by atoms with E-state index in [2.05, 4.69) is 61.3 Å². The van der Waals surface area contributed by atoms with Crippen molar-refractivity contribution in [2.24, 2.45) is 0 Å². The molecule has 1 aromatic heterocycles. The van der Waals surface area contributed by atoms with Gasteiger partial charge in [0, 0.05) is 5.69 Å². The molecular formula is C16H22N3S2+. The first-order valence-corrected chi connectivity index (χ1v) is 8.30. The Morgan fingerprint density at radius 1 is 1.29 bits per heavy atom. The summed E-state index contributed by atoms with van der Waals surface area (Å²) in [6.07, 6.45) is 0. The van der Waals surface area contributed by atoms with E-state index in [1.807, 2.05) is 12.1 Å². The molecule has 0 aliphatic rings. The predicted octanol–water partition coefficient (Wildman–Crippen LogP) is 2.23. The van der Waals surface area contributed by atoms with Crippen molar-refractivity contribution in [2.75, 3.05) is 26.0 Å². The summed E-state index contributed by atoms with van der Waals surface area (Å²) in [5.41, 5.74) is 2.24. The Morgan fingerprint density at radius 2 is 2.10 bits per heavy atom. The molecule has 0 spiro atoms. The summed E-state index contributed by atoms with van der Waals surface area (Å²) in [6.45, 7) is 2.89. The van der Waals surface area contributed by atoms with E-state index < -0.39 is 0 Å². The highest BCUT2D eigenvalue weighted by molar-refractivity contribution is 7.80. The van der Waals surface area contributed by atoms with Crippen LogP contribution in [0.25, 0.3) is 0 Å². The molecule has 1 heterocycles. The van der Waals surface area contributed by atoms with Gasteiger partial charge in [0.1, 0.15) is 6.04 Å². The molecule has 1 aromatic carbocycles. The molecule has 2 aromatic rings. The van der Waals surface area contributed by atoms with Gasteiger partial charge in [0.2, 0.25) is 0 Å². The Labute approximate surface area is 136 Å². The molecular weight excluding hydrogens is 298 g/mol. The number of rotatable bonds is 5. The molecule has 21 heavy (non-hydrogen) atoms. The zero-order valence-electron chi connectivity index (χ0n) is 12.6. The lowest BCUT2D eigenvalue weighted by molar-refractivity contribution is -0.890. The molecule has 0 aliphatic carbocycles. The fourth-order valence-electron chi connectivity index (χ4n) is 2.17. The van der Waals surface area contributed by atoms with Crippen LogP contribution >= 0.6 is 23.6 Å². The third-order valence-corrected chi connectivity index (χ3v) is 4.56. The number of quaternary nitrogens is 1. The van der Waals surface area contributed by atoms with Crippen LogP contribution in [-0.2, 0) is 0 Å². The van der Waals surface area contributed by atoms with E-state index in [1.165, 1.54) is 15.3 Å². The van der Waals surface area contributed by atoms with Gasteiger partial charge < -0.3 is 15.5 Å². The largest absolute Gasteiger partial charge is 0.356 e. The SMILES string of the molecule is Cc1cccc(NC(=S)NC[C@@H](c2cccs2)[NH+](C)C)c1. The number of benzene rings is 1. The molecule has 2 rings (SSSR count). The maximum atomic E-state index is 5.39. The zero-order chi connectivity index (χ0) is 15.2. The number of likely N-dealkylation sites (N-methyl/N-ethyl adjacent to an activating group) is 1. The second-order valence-electron chi connectivity index (χ2n) is 5.35. The Kier molecular flexibility index (Phi) is 5.73. The van der Waals surface area contributed by atoms with Gasteiger partial charge in [0.15, 0.2) is 5.11 Å². The van der Waals surface area contributed by atoms with Crippen molar-refractivity contribution < 1.29 is 4.90 Å². The third-order valence-electron chi connectivity index (χ3n) is 3.33. The number of hydrogen-bond acceptors (Lipinski definition) is 2. The van der Waals surface area contributed by atoms with Crippen LogP contribution in [0.1, 0.15) is 16.5 Å². The maximum Gasteiger partial charge on any atom is 0.171 e. The Morgan fingerprint density at radius 3 is 2.71 bits per heavy atom. The van der Waals surface area contributed by atoms with E-state index in [0.717, 1.165) is 12.2 Å². The number of anilines is 1. The first kappa shape index (κ1) is 15.9. The lowest BCUT2D eigenvalue weighted by Gasteiger charge is -2.21. The van der Waals surface area contributed by atoms with Crippen LogP contribution in [0.2, 0.25) is 0 Å². The standard InChI is InChI=1S/C16H21N3S2/c1-12-6-4-7-13(10-12)18-16(20)17-11-14(19(2)3)15-8-5-9-21-15/h4-10,14H,11H2,1-3H3,(H2,17,18,20)/p+1/t14-/m0/s1. The van der Waals surface area contributed by atoms with Gasteiger partial charge in [-0.25, -0.2) is 0 Å². The molecule has 3 N–H and O–H groups in total. The van der Waals surface area contributed by atoms with Crippen molar-refractivity contribution in [3.8, 4) is 0 Å². The van der Waals surface area contributed by atoms with Gasteiger partial charge in [-0.2, -0.15) is 0 Å². The highest BCUT2D eigenvalue weighted by atomic mass is 32.1. The average molecular weight is 321 g/mol. The van der Waals surface area contributed by atoms with Gasteiger partial charge >= 0.3 is 0 Å². The van der Waals surface area contributed by atoms with Crippen molar-refractivity contribution in [1.29, 1.82) is 0 Å². The second-order valence-corrected chi connectivity index (χ2v) is 6.74. The quantitative estimate of drug-likeness (QED) is 0.738. The van der Waals surface area contributed by atoms with Gasteiger partial charge in [0.05, 0.1) is 25.5 Å². The van der Waals surface area contributed by atoms with Crippen molar-refractivity contribution >= 4 is 34.4 Å². The summed E-state index contributed by atoms with van der Waals surface area (Å²) in [6, 6.07) is 12.9. The molecule has 0 saturated heterocycles. The second kappa shape index (κ2) is 7.54. The van der Waals surface area contributed by atoms with Crippen LogP contribution in [0.3, 0.4) is 0 Å². The van der Waals surface area contributed by atoms with Crippen molar-refractivity contribution in [1.82, 2.24) is 5.32 Å². The van der Waals surface area contributed by atoms with Crippen LogP contribution in [0.4, 0.5) is 5.69 Å². The average Bonchev–Trinajstić information content (AvgIpc) is 2.92. The van der Waals surface area contributed by atoms with Crippen LogP contribution in [0, 0.1) is 6.92 Å². The Hall–Kier alpha value is -1.43. The van der Waals surface area contributed by atoms with E-state index in [9.17, 15) is 0 Å². The minimum absolute atomic E-state index is 0.405. The number of aryl methyl sites for hydroxylation is 1. The smallest absolute Gasteiger partial charge is 0.171 e. The monoisotopic (exact) mass is 320 g/mol. The lowest BCUT2D eigenvalue weighted by Crippen LogP contribution is -3.06. The Bertz CT molecular complexity index is 579. The van der Waals surface area contributed by atoms with Gasteiger partial charge in [0.25, 0.3) is 0 Å². The molecule has 112 valence electrons. The van der Waals surface area contributed by atoms with Crippen molar-refractivity contribution in [2.45, 2.75) is 13.0 Å². The minimum Gasteiger partial charge on any atom is -0.356 e. The van der Waals surface area contributed by atoms with E-state index in [0.29, 0.717) is 11.2 Å². The summed E-state index contributed by atoms with van der Waals surface area (Å²) in [4.78, 5) is 2.77. The molecule has 0 radical (unpaired) electrons. The molecule has 3 nitrogen and oxygen atoms in total. The topological polar surface area (TPSA) is 28.5 Å². The van der Waals surface area contributed by atoms with Gasteiger partial charge in [-0.3, -0.25) is 0 Å². The van der Waals surface area contributed by atoms with E-state index in [4.69, 9.17) is 12.2 Å². The lowest BCUT2D eigenvalue weighted by atomic mass is 10.2. The molecule has 0 aliphatic heterocycles. The first-order chi connectivity index (χ1) is 10.1. The molecule has 0 fully saturated rings.